The molecule has 6 aromatic carbocycles. The van der Waals surface area contributed by atoms with Crippen molar-refractivity contribution in [3.05, 3.63) is 96.1 Å². The minimum absolute atomic E-state index is 0.0476. The van der Waals surface area contributed by atoms with Crippen LogP contribution in [0.5, 0.6) is 11.5 Å². The van der Waals surface area contributed by atoms with Crippen LogP contribution in [0.2, 0.25) is 0 Å². The number of hydrogen-bond acceptors (Lipinski definition) is 15. The van der Waals surface area contributed by atoms with E-state index in [1.807, 2.05) is 0 Å². The van der Waals surface area contributed by atoms with E-state index in [0.29, 0.717) is 28.3 Å². The molecule has 0 saturated heterocycles. The quantitative estimate of drug-likeness (QED) is 0.0712. The highest BCUT2D eigenvalue weighted by Gasteiger charge is 2.24. The van der Waals surface area contributed by atoms with Crippen LogP contribution in [0.1, 0.15) is 11.1 Å². The van der Waals surface area contributed by atoms with Crippen molar-refractivity contribution in [2.24, 2.45) is 20.5 Å². The molecule has 0 radical (unpaired) electrons. The van der Waals surface area contributed by atoms with Gasteiger partial charge in [0.2, 0.25) is 0 Å². The zero-order chi connectivity index (χ0) is 41.1. The second-order valence-corrected chi connectivity index (χ2v) is 17.8. The summed E-state index contributed by atoms with van der Waals surface area (Å²) >= 11 is 0. The minimum atomic E-state index is -5.14. The smallest absolute Gasteiger partial charge is 0.298 e. The summed E-state index contributed by atoms with van der Waals surface area (Å²) in [5.41, 5.74) is 2.18. The number of nitrogens with zero attached hydrogens (tertiary/aromatic N) is 4. The second kappa shape index (κ2) is 14.1. The molecule has 6 rings (SSSR count). The van der Waals surface area contributed by atoms with E-state index in [0.717, 1.165) is 36.4 Å². The number of phenols is 2. The first-order valence-corrected chi connectivity index (χ1v) is 21.2. The fourth-order valence-corrected chi connectivity index (χ4v) is 8.20. The molecule has 0 unspecified atom stereocenters. The number of phenolic OH excluding ortho intramolecular Hbond substituents is 2. The highest BCUT2D eigenvalue weighted by Crippen LogP contribution is 2.43. The molecule has 0 aliphatic rings. The third-order valence-corrected chi connectivity index (χ3v) is 11.8. The van der Waals surface area contributed by atoms with Gasteiger partial charge in [0.25, 0.3) is 30.4 Å². The SMILES string of the molecule is Cc1cc(-c2ccc(N=Nc3c(O)ccc4cc(S(=O)(=O)[O-])cc(S(=O)(=O)O)c34)c(C)c2)ccc1N=Nc1c(O)c(S(=O)(=O)O)cc2cc(S(=O)(=O)O)ccc12. The lowest BCUT2D eigenvalue weighted by molar-refractivity contribution is 0.444. The molecule has 18 nitrogen and oxygen atoms in total. The molecule has 0 aliphatic heterocycles. The summed E-state index contributed by atoms with van der Waals surface area (Å²) in [5, 5.41) is 37.0. The maximum Gasteiger partial charge on any atom is 0.298 e. The van der Waals surface area contributed by atoms with E-state index in [4.69, 9.17) is 0 Å². The summed E-state index contributed by atoms with van der Waals surface area (Å²) < 4.78 is 136. The number of aryl methyl sites for hydroxylation is 2. The van der Waals surface area contributed by atoms with Gasteiger partial charge in [0.1, 0.15) is 37.0 Å². The van der Waals surface area contributed by atoms with Gasteiger partial charge >= 0.3 is 0 Å². The van der Waals surface area contributed by atoms with E-state index < -0.39 is 82.9 Å². The molecule has 0 saturated carbocycles. The van der Waals surface area contributed by atoms with Gasteiger partial charge in [-0.1, -0.05) is 24.3 Å². The topological polar surface area (TPSA) is 310 Å². The van der Waals surface area contributed by atoms with E-state index in [-0.39, 0.29) is 32.9 Å². The molecule has 6 aromatic rings. The van der Waals surface area contributed by atoms with E-state index in [2.05, 4.69) is 20.5 Å². The summed E-state index contributed by atoms with van der Waals surface area (Å²) in [5.74, 6) is -1.52. The first kappa shape index (κ1) is 40.0. The van der Waals surface area contributed by atoms with Crippen molar-refractivity contribution in [3.8, 4) is 22.6 Å². The first-order valence-electron chi connectivity index (χ1n) is 15.5. The van der Waals surface area contributed by atoms with Gasteiger partial charge in [-0.05, 0) is 108 Å². The van der Waals surface area contributed by atoms with E-state index in [1.54, 1.807) is 50.2 Å². The molecule has 290 valence electrons. The van der Waals surface area contributed by atoms with Crippen LogP contribution in [0, 0.1) is 13.8 Å². The van der Waals surface area contributed by atoms with Crippen LogP contribution < -0.4 is 0 Å². The molecule has 56 heavy (non-hydrogen) atoms. The Bertz CT molecular complexity index is 3130. The lowest BCUT2D eigenvalue weighted by Gasteiger charge is -2.13. The van der Waals surface area contributed by atoms with Crippen LogP contribution in [0.15, 0.2) is 125 Å². The lowest BCUT2D eigenvalue weighted by Crippen LogP contribution is -2.04. The van der Waals surface area contributed by atoms with Gasteiger partial charge in [-0.25, -0.2) is 8.42 Å². The molecule has 0 heterocycles. The first-order chi connectivity index (χ1) is 25.9. The Morgan fingerprint density at radius 2 is 1.05 bits per heavy atom. The normalized spacial score (nSPS) is 13.0. The Balaban J connectivity index is 1.34. The van der Waals surface area contributed by atoms with Crippen molar-refractivity contribution in [1.29, 1.82) is 0 Å². The fraction of sp³-hybridized carbons (Fsp3) is 0.0588. The molecule has 0 bridgehead atoms. The molecule has 0 fully saturated rings. The zero-order valence-corrected chi connectivity index (χ0v) is 31.7. The number of azo groups is 2. The van der Waals surface area contributed by atoms with E-state index in [9.17, 15) is 62.1 Å². The largest absolute Gasteiger partial charge is 0.744 e. The molecule has 22 heteroatoms. The van der Waals surface area contributed by atoms with Crippen molar-refractivity contribution >= 4 is 84.8 Å². The van der Waals surface area contributed by atoms with Gasteiger partial charge in [0.15, 0.2) is 5.75 Å². The van der Waals surface area contributed by atoms with Gasteiger partial charge in [-0.15, -0.1) is 10.2 Å². The molecule has 0 aromatic heterocycles. The van der Waals surface area contributed by atoms with Crippen LogP contribution in [0.4, 0.5) is 22.7 Å². The number of aromatic hydroxyl groups is 2. The Morgan fingerprint density at radius 3 is 1.55 bits per heavy atom. The van der Waals surface area contributed by atoms with Crippen LogP contribution in [0.25, 0.3) is 32.7 Å². The maximum atomic E-state index is 12.2. The third kappa shape index (κ3) is 7.98. The Kier molecular flexibility index (Phi) is 10.1. The van der Waals surface area contributed by atoms with Gasteiger partial charge in [0, 0.05) is 10.8 Å². The monoisotopic (exact) mass is 841 g/mol. The van der Waals surface area contributed by atoms with Crippen molar-refractivity contribution in [2.75, 3.05) is 0 Å². The predicted molar refractivity (Wildman–Crippen MR) is 198 cm³/mol. The molecular formula is C34H25N4O14S4-. The van der Waals surface area contributed by atoms with E-state index in [1.165, 1.54) is 6.07 Å². The molecule has 0 amide bonds. The predicted octanol–water partition coefficient (Wildman–Crippen LogP) is 7.16. The highest BCUT2D eigenvalue weighted by molar-refractivity contribution is 7.87. The summed E-state index contributed by atoms with van der Waals surface area (Å²) in [4.78, 5) is -3.46. The van der Waals surface area contributed by atoms with Crippen LogP contribution in [-0.2, 0) is 40.5 Å². The number of benzene rings is 6. The average Bonchev–Trinajstić information content (AvgIpc) is 3.09. The number of hydrogen-bond donors (Lipinski definition) is 5. The minimum Gasteiger partial charge on any atom is -0.744 e. The molecular weight excluding hydrogens is 817 g/mol. The molecule has 0 aliphatic carbocycles. The molecule has 0 atom stereocenters. The summed E-state index contributed by atoms with van der Waals surface area (Å²) in [6.07, 6.45) is 0. The van der Waals surface area contributed by atoms with Crippen LogP contribution in [-0.4, -0.2) is 62.1 Å². The zero-order valence-electron chi connectivity index (χ0n) is 28.4. The van der Waals surface area contributed by atoms with Crippen LogP contribution in [0.3, 0.4) is 0 Å². The van der Waals surface area contributed by atoms with Crippen molar-refractivity contribution in [1.82, 2.24) is 0 Å². The average molecular weight is 842 g/mol. The fourth-order valence-electron chi connectivity index (χ4n) is 5.71. The Morgan fingerprint density at radius 1 is 0.518 bits per heavy atom. The molecule has 0 spiro atoms. The van der Waals surface area contributed by atoms with Gasteiger partial charge in [0.05, 0.1) is 21.2 Å². The Hall–Kier alpha value is -5.72. The molecule has 5 N–H and O–H groups in total. The van der Waals surface area contributed by atoms with Crippen LogP contribution >= 0.6 is 0 Å². The maximum absolute atomic E-state index is 12.2. The number of fused-ring (bicyclic) bond motifs is 2. The standard InChI is InChI=1S/C34H26N4O14S4/c1-17-11-19(3-8-26(17)35-37-32-25-7-6-23(53(41,42)43)14-22(25)15-30(34(32)40)56(50,51)52)20-4-9-27(18(2)12-20)36-38-33-28(39)10-5-21-13-24(54(44,45)46)16-29(31(21)33)55(47,48)49/h3-16,39-40H,1-2H3,(H,41,42,43)(H,44,45,46)(H,47,48,49)(H,50,51,52)/p-1. The van der Waals surface area contributed by atoms with E-state index >= 15 is 0 Å². The lowest BCUT2D eigenvalue weighted by atomic mass is 10.0. The van der Waals surface area contributed by atoms with Gasteiger partial charge < -0.3 is 14.8 Å². The van der Waals surface area contributed by atoms with Crippen molar-refractivity contribution in [3.63, 3.8) is 0 Å². The summed E-state index contributed by atoms with van der Waals surface area (Å²) in [6.45, 7) is 3.37. The number of rotatable bonds is 9. The summed E-state index contributed by atoms with van der Waals surface area (Å²) in [6, 6.07) is 17.4. The Labute approximate surface area is 318 Å². The van der Waals surface area contributed by atoms with Gasteiger partial charge in [-0.3, -0.25) is 13.7 Å². The third-order valence-electron chi connectivity index (χ3n) is 8.41. The second-order valence-electron chi connectivity index (χ2n) is 12.2. The van der Waals surface area contributed by atoms with Gasteiger partial charge in [-0.2, -0.15) is 35.5 Å². The van der Waals surface area contributed by atoms with Crippen molar-refractivity contribution < 1.29 is 62.1 Å². The highest BCUT2D eigenvalue weighted by atomic mass is 32.2. The summed E-state index contributed by atoms with van der Waals surface area (Å²) in [7, 11) is -20.0. The van der Waals surface area contributed by atoms with Crippen molar-refractivity contribution in [2.45, 2.75) is 33.4 Å².